The summed E-state index contributed by atoms with van der Waals surface area (Å²) < 4.78 is 5.01. The highest BCUT2D eigenvalue weighted by Gasteiger charge is 2.15. The van der Waals surface area contributed by atoms with E-state index in [0.29, 0.717) is 23.2 Å². The van der Waals surface area contributed by atoms with Crippen LogP contribution in [0.25, 0.3) is 0 Å². The number of alkyl halides is 1. The molecule has 0 aliphatic heterocycles. The van der Waals surface area contributed by atoms with Crippen molar-refractivity contribution in [3.05, 3.63) is 23.0 Å². The number of hydrogen-bond acceptors (Lipinski definition) is 4. The molecule has 17 heavy (non-hydrogen) atoms. The molecule has 1 rings (SSSR count). The molecule has 1 atom stereocenters. The van der Waals surface area contributed by atoms with Crippen molar-refractivity contribution >= 4 is 21.8 Å². The van der Waals surface area contributed by atoms with E-state index in [0.717, 1.165) is 5.69 Å². The molecule has 1 aromatic rings. The van der Waals surface area contributed by atoms with Gasteiger partial charge in [-0.3, -0.25) is 4.79 Å². The smallest absolute Gasteiger partial charge is 0.253 e. The molecule has 0 aliphatic rings. The number of aryl methyl sites for hydroxylation is 2. The lowest BCUT2D eigenvalue weighted by atomic mass is 10.2. The molecule has 6 heteroatoms. The van der Waals surface area contributed by atoms with Crippen LogP contribution < -0.4 is 5.32 Å². The largest absolute Gasteiger partial charge is 0.383 e. The molecule has 5 nitrogen and oxygen atoms in total. The maximum atomic E-state index is 12.0. The predicted octanol–water partition coefficient (Wildman–Crippen LogP) is 1.23. The van der Waals surface area contributed by atoms with Gasteiger partial charge in [0.25, 0.3) is 5.91 Å². The lowest BCUT2D eigenvalue weighted by Crippen LogP contribution is -2.39. The Kier molecular flexibility index (Phi) is 5.50. The number of methoxy groups -OCH3 is 1. The van der Waals surface area contributed by atoms with Crippen LogP contribution in [-0.4, -0.2) is 41.2 Å². The lowest BCUT2D eigenvalue weighted by molar-refractivity contribution is 0.0906. The Labute approximate surface area is 109 Å². The normalized spacial score (nSPS) is 12.2. The number of nitrogens with one attached hydrogen (secondary N) is 1. The monoisotopic (exact) mass is 301 g/mol. The summed E-state index contributed by atoms with van der Waals surface area (Å²) >= 11 is 3.33. The van der Waals surface area contributed by atoms with E-state index in [2.05, 4.69) is 31.4 Å². The zero-order valence-electron chi connectivity index (χ0n) is 10.2. The van der Waals surface area contributed by atoms with E-state index in [1.807, 2.05) is 0 Å². The van der Waals surface area contributed by atoms with Crippen LogP contribution in [-0.2, 0) is 4.74 Å². The third-order valence-electron chi connectivity index (χ3n) is 2.23. The predicted molar refractivity (Wildman–Crippen MR) is 68.4 cm³/mol. The zero-order chi connectivity index (χ0) is 12.8. The number of halogens is 1. The maximum Gasteiger partial charge on any atom is 0.253 e. The van der Waals surface area contributed by atoms with Gasteiger partial charge in [-0.25, -0.2) is 0 Å². The van der Waals surface area contributed by atoms with Crippen molar-refractivity contribution in [2.75, 3.05) is 19.0 Å². The van der Waals surface area contributed by atoms with Crippen molar-refractivity contribution in [2.45, 2.75) is 19.9 Å². The molecule has 0 aromatic carbocycles. The Morgan fingerprint density at radius 2 is 2.24 bits per heavy atom. The van der Waals surface area contributed by atoms with Gasteiger partial charge in [-0.15, -0.1) is 0 Å². The first-order valence-corrected chi connectivity index (χ1v) is 6.37. The van der Waals surface area contributed by atoms with Crippen LogP contribution in [0.2, 0.25) is 0 Å². The highest BCUT2D eigenvalue weighted by molar-refractivity contribution is 9.09. The summed E-state index contributed by atoms with van der Waals surface area (Å²) in [6.07, 6.45) is 0. The Morgan fingerprint density at radius 3 is 2.82 bits per heavy atom. The van der Waals surface area contributed by atoms with Crippen LogP contribution in [0.1, 0.15) is 21.7 Å². The summed E-state index contributed by atoms with van der Waals surface area (Å²) in [4.78, 5) is 12.0. The number of rotatable bonds is 5. The fraction of sp³-hybridized carbons (Fsp3) is 0.545. The molecule has 0 aliphatic carbocycles. The molecule has 0 fully saturated rings. The van der Waals surface area contributed by atoms with E-state index in [-0.39, 0.29) is 11.9 Å². The summed E-state index contributed by atoms with van der Waals surface area (Å²) in [7, 11) is 1.60. The third-order valence-corrected chi connectivity index (χ3v) is 3.02. The van der Waals surface area contributed by atoms with Crippen molar-refractivity contribution in [3.8, 4) is 0 Å². The van der Waals surface area contributed by atoms with Gasteiger partial charge in [0.1, 0.15) is 0 Å². The molecule has 0 bridgehead atoms. The Balaban J connectivity index is 2.78. The van der Waals surface area contributed by atoms with Gasteiger partial charge in [0, 0.05) is 12.4 Å². The number of hydrogen-bond donors (Lipinski definition) is 1. The van der Waals surface area contributed by atoms with Crippen LogP contribution in [0.4, 0.5) is 0 Å². The van der Waals surface area contributed by atoms with E-state index >= 15 is 0 Å². The van der Waals surface area contributed by atoms with E-state index in [9.17, 15) is 4.79 Å². The van der Waals surface area contributed by atoms with Gasteiger partial charge in [-0.2, -0.15) is 10.2 Å². The van der Waals surface area contributed by atoms with Crippen molar-refractivity contribution in [2.24, 2.45) is 0 Å². The average Bonchev–Trinajstić information content (AvgIpc) is 2.31. The van der Waals surface area contributed by atoms with E-state index in [4.69, 9.17) is 4.74 Å². The Bertz CT molecular complexity index is 398. The van der Waals surface area contributed by atoms with Crippen LogP contribution in [0, 0.1) is 13.8 Å². The molecular formula is C11H16BrN3O2. The molecule has 0 saturated carbocycles. The van der Waals surface area contributed by atoms with Crippen LogP contribution in [0.5, 0.6) is 0 Å². The molecule has 94 valence electrons. The van der Waals surface area contributed by atoms with Gasteiger partial charge in [-0.1, -0.05) is 15.9 Å². The number of ether oxygens (including phenoxy) is 1. The van der Waals surface area contributed by atoms with Gasteiger partial charge in [0.15, 0.2) is 0 Å². The molecule has 1 unspecified atom stereocenters. The van der Waals surface area contributed by atoms with E-state index in [1.165, 1.54) is 0 Å². The Hall–Kier alpha value is -1.01. The molecule has 0 saturated heterocycles. The van der Waals surface area contributed by atoms with Crippen LogP contribution >= 0.6 is 15.9 Å². The summed E-state index contributed by atoms with van der Waals surface area (Å²) in [5, 5.41) is 11.3. The van der Waals surface area contributed by atoms with Gasteiger partial charge >= 0.3 is 0 Å². The molecular weight excluding hydrogens is 286 g/mol. The van der Waals surface area contributed by atoms with Gasteiger partial charge in [0.2, 0.25) is 0 Å². The number of nitrogens with zero attached hydrogens (tertiary/aromatic N) is 2. The second kappa shape index (κ2) is 6.66. The van der Waals surface area contributed by atoms with E-state index in [1.54, 1.807) is 27.0 Å². The minimum atomic E-state index is -0.151. The molecule has 1 amide bonds. The standard InChI is InChI=1S/C11H16BrN3O2/c1-7-4-10(8(2)15-14-7)11(16)13-9(5-12)6-17-3/h4,9H,5-6H2,1-3H3,(H,13,16). The fourth-order valence-corrected chi connectivity index (χ4v) is 1.72. The SMILES string of the molecule is COCC(CBr)NC(=O)c1cc(C)nnc1C. The minimum absolute atomic E-state index is 0.0552. The van der Waals surface area contributed by atoms with Gasteiger partial charge < -0.3 is 10.1 Å². The van der Waals surface area contributed by atoms with Gasteiger partial charge in [0.05, 0.1) is 29.6 Å². The lowest BCUT2D eigenvalue weighted by Gasteiger charge is -2.15. The molecule has 1 aromatic heterocycles. The average molecular weight is 302 g/mol. The fourth-order valence-electron chi connectivity index (χ4n) is 1.37. The van der Waals surface area contributed by atoms with Crippen molar-refractivity contribution in [1.82, 2.24) is 15.5 Å². The van der Waals surface area contributed by atoms with Crippen LogP contribution in [0.15, 0.2) is 6.07 Å². The summed E-state index contributed by atoms with van der Waals surface area (Å²) in [6.45, 7) is 4.04. The number of amides is 1. The number of carbonyl (C=O) groups is 1. The maximum absolute atomic E-state index is 12.0. The number of carbonyl (C=O) groups excluding carboxylic acids is 1. The van der Waals surface area contributed by atoms with Crippen LogP contribution in [0.3, 0.4) is 0 Å². The second-order valence-corrected chi connectivity index (χ2v) is 4.41. The summed E-state index contributed by atoms with van der Waals surface area (Å²) in [5.41, 5.74) is 1.90. The second-order valence-electron chi connectivity index (χ2n) is 3.76. The quantitative estimate of drug-likeness (QED) is 0.831. The molecule has 1 N–H and O–H groups in total. The highest BCUT2D eigenvalue weighted by Crippen LogP contribution is 2.06. The minimum Gasteiger partial charge on any atom is -0.383 e. The topological polar surface area (TPSA) is 64.1 Å². The van der Waals surface area contributed by atoms with Gasteiger partial charge in [-0.05, 0) is 19.9 Å². The van der Waals surface area contributed by atoms with Crippen molar-refractivity contribution < 1.29 is 9.53 Å². The summed E-state index contributed by atoms with van der Waals surface area (Å²) in [6, 6.07) is 1.68. The highest BCUT2D eigenvalue weighted by atomic mass is 79.9. The summed E-state index contributed by atoms with van der Waals surface area (Å²) in [5.74, 6) is -0.151. The molecule has 1 heterocycles. The van der Waals surface area contributed by atoms with E-state index < -0.39 is 0 Å². The third kappa shape index (κ3) is 4.05. The first-order valence-electron chi connectivity index (χ1n) is 5.25. The number of aromatic nitrogens is 2. The molecule has 0 spiro atoms. The Morgan fingerprint density at radius 1 is 1.53 bits per heavy atom. The first-order chi connectivity index (χ1) is 8.08. The molecule has 0 radical (unpaired) electrons. The first kappa shape index (κ1) is 14.1. The van der Waals surface area contributed by atoms with Crippen molar-refractivity contribution in [1.29, 1.82) is 0 Å². The zero-order valence-corrected chi connectivity index (χ0v) is 11.7. The van der Waals surface area contributed by atoms with Crippen molar-refractivity contribution in [3.63, 3.8) is 0 Å².